The fraction of sp³-hybridized carbons (Fsp3) is 0.278. The topological polar surface area (TPSA) is 60.7 Å². The molecule has 1 N–H and O–H groups in total. The Labute approximate surface area is 146 Å². The van der Waals surface area contributed by atoms with E-state index in [1.54, 1.807) is 31.4 Å². The summed E-state index contributed by atoms with van der Waals surface area (Å²) in [5, 5.41) is 3.23. The number of furan rings is 1. The monoisotopic (exact) mass is 349 g/mol. The highest BCUT2D eigenvalue weighted by Gasteiger charge is 2.11. The zero-order valence-corrected chi connectivity index (χ0v) is 14.6. The fourth-order valence-corrected chi connectivity index (χ4v) is 2.40. The minimum atomic E-state index is -0.229. The number of carbonyl (C=O) groups is 1. The van der Waals surface area contributed by atoms with Gasteiger partial charge in [0.1, 0.15) is 11.5 Å². The van der Waals surface area contributed by atoms with Gasteiger partial charge in [-0.1, -0.05) is 11.6 Å². The Morgan fingerprint density at radius 2 is 2.17 bits per heavy atom. The molecule has 1 aromatic carbocycles. The second-order valence-electron chi connectivity index (χ2n) is 5.04. The maximum atomic E-state index is 11.9. The van der Waals surface area contributed by atoms with Gasteiger partial charge in [-0.3, -0.25) is 4.79 Å². The summed E-state index contributed by atoms with van der Waals surface area (Å²) in [7, 11) is 1.55. The number of aryl methyl sites for hydroxylation is 1. The van der Waals surface area contributed by atoms with Gasteiger partial charge in [-0.2, -0.15) is 0 Å². The molecule has 2 aromatic rings. The van der Waals surface area contributed by atoms with Crippen LogP contribution in [0.5, 0.6) is 11.5 Å². The van der Waals surface area contributed by atoms with Gasteiger partial charge in [0, 0.05) is 12.6 Å². The second kappa shape index (κ2) is 8.45. The van der Waals surface area contributed by atoms with E-state index < -0.39 is 0 Å². The molecule has 24 heavy (non-hydrogen) atoms. The van der Waals surface area contributed by atoms with Crippen LogP contribution >= 0.6 is 11.6 Å². The van der Waals surface area contributed by atoms with Gasteiger partial charge in [-0.15, -0.1) is 0 Å². The lowest BCUT2D eigenvalue weighted by Crippen LogP contribution is -2.20. The van der Waals surface area contributed by atoms with Crippen molar-refractivity contribution < 1.29 is 18.7 Å². The molecule has 0 radical (unpaired) electrons. The smallest absolute Gasteiger partial charge is 0.244 e. The summed E-state index contributed by atoms with van der Waals surface area (Å²) in [5.74, 6) is 2.24. The lowest BCUT2D eigenvalue weighted by Gasteiger charge is -2.13. The van der Waals surface area contributed by atoms with Gasteiger partial charge in [-0.25, -0.2) is 0 Å². The molecular formula is C18H20ClNO4. The molecule has 0 spiro atoms. The van der Waals surface area contributed by atoms with Crippen LogP contribution in [0.1, 0.15) is 24.0 Å². The zero-order chi connectivity index (χ0) is 17.5. The molecule has 1 amide bonds. The molecule has 0 saturated heterocycles. The summed E-state index contributed by atoms with van der Waals surface area (Å²) in [6, 6.07) is 7.17. The van der Waals surface area contributed by atoms with Gasteiger partial charge in [-0.05, 0) is 49.8 Å². The summed E-state index contributed by atoms with van der Waals surface area (Å²) in [6.07, 6.45) is 3.04. The first-order valence-corrected chi connectivity index (χ1v) is 7.92. The van der Waals surface area contributed by atoms with Crippen LogP contribution in [0.2, 0.25) is 5.02 Å². The number of hydrogen-bond donors (Lipinski definition) is 1. The Kier molecular flexibility index (Phi) is 6.32. The van der Waals surface area contributed by atoms with E-state index in [0.29, 0.717) is 35.4 Å². The lowest BCUT2D eigenvalue weighted by atomic mass is 10.2. The van der Waals surface area contributed by atoms with Crippen molar-refractivity contribution in [2.45, 2.75) is 20.4 Å². The number of methoxy groups -OCH3 is 1. The Hall–Kier alpha value is -2.40. The molecule has 0 bridgehead atoms. The predicted molar refractivity (Wildman–Crippen MR) is 93.5 cm³/mol. The van der Waals surface area contributed by atoms with Crippen LogP contribution < -0.4 is 14.8 Å². The van der Waals surface area contributed by atoms with Crippen LogP contribution in [0.4, 0.5) is 0 Å². The highest BCUT2D eigenvalue weighted by molar-refractivity contribution is 6.32. The van der Waals surface area contributed by atoms with Gasteiger partial charge < -0.3 is 19.2 Å². The van der Waals surface area contributed by atoms with Gasteiger partial charge in [0.05, 0.1) is 18.7 Å². The van der Waals surface area contributed by atoms with Crippen LogP contribution in [-0.2, 0) is 11.3 Å². The first-order valence-electron chi connectivity index (χ1n) is 7.55. The number of benzene rings is 1. The first-order chi connectivity index (χ1) is 11.5. The number of ether oxygens (including phenoxy) is 2. The highest BCUT2D eigenvalue weighted by atomic mass is 35.5. The van der Waals surface area contributed by atoms with Crippen molar-refractivity contribution in [3.8, 4) is 11.5 Å². The van der Waals surface area contributed by atoms with Crippen LogP contribution in [0.15, 0.2) is 34.8 Å². The number of hydrogen-bond acceptors (Lipinski definition) is 4. The molecule has 128 valence electrons. The second-order valence-corrected chi connectivity index (χ2v) is 5.45. The average molecular weight is 350 g/mol. The molecule has 0 atom stereocenters. The SMILES string of the molecule is CCOc1c(Cl)cc(CNC(=O)/C=C/c2ccc(C)o2)cc1OC. The Balaban J connectivity index is 1.99. The van der Waals surface area contributed by atoms with Crippen molar-refractivity contribution in [2.24, 2.45) is 0 Å². The fourth-order valence-electron chi connectivity index (χ4n) is 2.11. The molecule has 5 nitrogen and oxygen atoms in total. The van der Waals surface area contributed by atoms with Gasteiger partial charge in [0.2, 0.25) is 5.91 Å². The Bertz CT molecular complexity index is 737. The quantitative estimate of drug-likeness (QED) is 0.768. The third-order valence-corrected chi connectivity index (χ3v) is 3.49. The van der Waals surface area contributed by atoms with Crippen LogP contribution in [0.3, 0.4) is 0 Å². The molecular weight excluding hydrogens is 330 g/mol. The van der Waals surface area contributed by atoms with Crippen LogP contribution in [0, 0.1) is 6.92 Å². The van der Waals surface area contributed by atoms with Gasteiger partial charge in [0.25, 0.3) is 0 Å². The van der Waals surface area contributed by atoms with E-state index in [1.807, 2.05) is 19.9 Å². The molecule has 0 unspecified atom stereocenters. The van der Waals surface area contributed by atoms with Gasteiger partial charge >= 0.3 is 0 Å². The number of nitrogens with one attached hydrogen (secondary N) is 1. The summed E-state index contributed by atoms with van der Waals surface area (Å²) in [6.45, 7) is 4.53. The van der Waals surface area contributed by atoms with Crippen molar-refractivity contribution >= 4 is 23.6 Å². The molecule has 0 aliphatic rings. The van der Waals surface area contributed by atoms with E-state index in [4.69, 9.17) is 25.5 Å². The summed E-state index contributed by atoms with van der Waals surface area (Å²) < 4.78 is 16.1. The molecule has 6 heteroatoms. The number of rotatable bonds is 7. The Morgan fingerprint density at radius 1 is 1.38 bits per heavy atom. The predicted octanol–water partition coefficient (Wildman–Crippen LogP) is 3.98. The number of halogens is 1. The highest BCUT2D eigenvalue weighted by Crippen LogP contribution is 2.36. The molecule has 0 aliphatic carbocycles. The molecule has 0 aliphatic heterocycles. The summed E-state index contributed by atoms with van der Waals surface area (Å²) in [5.41, 5.74) is 0.816. The summed E-state index contributed by atoms with van der Waals surface area (Å²) >= 11 is 6.21. The van der Waals surface area contributed by atoms with E-state index in [1.165, 1.54) is 6.08 Å². The molecule has 1 aromatic heterocycles. The molecule has 1 heterocycles. The zero-order valence-electron chi connectivity index (χ0n) is 13.9. The third kappa shape index (κ3) is 4.80. The molecule has 2 rings (SSSR count). The van der Waals surface area contributed by atoms with E-state index in [9.17, 15) is 4.79 Å². The molecule has 0 saturated carbocycles. The van der Waals surface area contributed by atoms with Crippen molar-refractivity contribution in [1.29, 1.82) is 0 Å². The maximum Gasteiger partial charge on any atom is 0.244 e. The number of amides is 1. The average Bonchev–Trinajstić information content (AvgIpc) is 2.98. The maximum absolute atomic E-state index is 11.9. The largest absolute Gasteiger partial charge is 0.493 e. The van der Waals surface area contributed by atoms with Gasteiger partial charge in [0.15, 0.2) is 11.5 Å². The van der Waals surface area contributed by atoms with Crippen LogP contribution in [-0.4, -0.2) is 19.6 Å². The third-order valence-electron chi connectivity index (χ3n) is 3.20. The molecule has 0 fully saturated rings. The number of carbonyl (C=O) groups excluding carboxylic acids is 1. The van der Waals surface area contributed by atoms with E-state index in [0.717, 1.165) is 11.3 Å². The van der Waals surface area contributed by atoms with Crippen molar-refractivity contribution in [3.05, 3.63) is 52.4 Å². The van der Waals surface area contributed by atoms with Crippen molar-refractivity contribution in [3.63, 3.8) is 0 Å². The van der Waals surface area contributed by atoms with Crippen molar-refractivity contribution in [1.82, 2.24) is 5.32 Å². The first kappa shape index (κ1) is 17.9. The van der Waals surface area contributed by atoms with E-state index in [2.05, 4.69) is 5.32 Å². The minimum absolute atomic E-state index is 0.229. The van der Waals surface area contributed by atoms with Crippen LogP contribution in [0.25, 0.3) is 6.08 Å². The van der Waals surface area contributed by atoms with Crippen molar-refractivity contribution in [2.75, 3.05) is 13.7 Å². The normalized spacial score (nSPS) is 10.8. The lowest BCUT2D eigenvalue weighted by molar-refractivity contribution is -0.116. The van der Waals surface area contributed by atoms with E-state index in [-0.39, 0.29) is 5.91 Å². The standard InChI is InChI=1S/C18H20ClNO4/c1-4-23-18-15(19)9-13(10-16(18)22-3)11-20-17(21)8-7-14-6-5-12(2)24-14/h5-10H,4,11H2,1-3H3,(H,20,21)/b8-7+. The van der Waals surface area contributed by atoms with E-state index >= 15 is 0 Å². The Morgan fingerprint density at radius 3 is 2.79 bits per heavy atom. The minimum Gasteiger partial charge on any atom is -0.493 e. The summed E-state index contributed by atoms with van der Waals surface area (Å²) in [4.78, 5) is 11.9.